The van der Waals surface area contributed by atoms with Gasteiger partial charge in [-0.1, -0.05) is 12.1 Å². The van der Waals surface area contributed by atoms with E-state index in [-0.39, 0.29) is 43.2 Å². The number of rotatable bonds is 10. The van der Waals surface area contributed by atoms with E-state index in [1.807, 2.05) is 6.07 Å². The van der Waals surface area contributed by atoms with Gasteiger partial charge >= 0.3 is 0 Å². The van der Waals surface area contributed by atoms with E-state index in [0.29, 0.717) is 34.5 Å². The zero-order chi connectivity index (χ0) is 28.9. The van der Waals surface area contributed by atoms with Crippen LogP contribution in [0.15, 0.2) is 72.0 Å². The van der Waals surface area contributed by atoms with Gasteiger partial charge in [-0.15, -0.1) is 0 Å². The molecule has 0 unspecified atom stereocenters. The van der Waals surface area contributed by atoms with Crippen molar-refractivity contribution in [3.63, 3.8) is 0 Å². The molecule has 2 amide bonds. The molecule has 3 N–H and O–H groups in total. The third kappa shape index (κ3) is 6.35. The van der Waals surface area contributed by atoms with Gasteiger partial charge in [0, 0.05) is 36.8 Å². The van der Waals surface area contributed by atoms with E-state index in [4.69, 9.17) is 0 Å². The molecule has 1 aliphatic rings. The van der Waals surface area contributed by atoms with E-state index in [9.17, 15) is 28.0 Å². The van der Waals surface area contributed by atoms with Crippen LogP contribution in [-0.4, -0.2) is 38.7 Å². The number of benzene rings is 2. The van der Waals surface area contributed by atoms with Crippen molar-refractivity contribution in [1.29, 1.82) is 0 Å². The largest absolute Gasteiger partial charge is 0.352 e. The average molecular weight is 558 g/mol. The average Bonchev–Trinajstić information content (AvgIpc) is 3.57. The number of hydrogen-bond acceptors (Lipinski definition) is 5. The van der Waals surface area contributed by atoms with Crippen molar-refractivity contribution in [2.24, 2.45) is 0 Å². The summed E-state index contributed by atoms with van der Waals surface area (Å²) in [6, 6.07) is 11.6. The fourth-order valence-corrected chi connectivity index (χ4v) is 4.56. The molecular weight excluding hydrogens is 532 g/mol. The molecule has 0 saturated heterocycles. The lowest BCUT2D eigenvalue weighted by atomic mass is 9.99. The van der Waals surface area contributed by atoms with Gasteiger partial charge in [0.05, 0.1) is 30.3 Å². The number of nitrogens with zero attached hydrogens (tertiary/aromatic N) is 2. The van der Waals surface area contributed by atoms with Crippen molar-refractivity contribution >= 4 is 34.9 Å². The fourth-order valence-electron chi connectivity index (χ4n) is 4.56. The quantitative estimate of drug-likeness (QED) is 0.203. The first-order chi connectivity index (χ1) is 19.8. The van der Waals surface area contributed by atoms with Crippen molar-refractivity contribution in [1.82, 2.24) is 19.9 Å². The molecule has 0 atom stereocenters. The minimum Gasteiger partial charge on any atom is -0.352 e. The van der Waals surface area contributed by atoms with Gasteiger partial charge in [-0.3, -0.25) is 19.2 Å². The molecule has 0 fully saturated rings. The Bertz CT molecular complexity index is 1730. The van der Waals surface area contributed by atoms with Crippen LogP contribution < -0.4 is 16.2 Å². The highest BCUT2D eigenvalue weighted by Gasteiger charge is 2.24. The lowest BCUT2D eigenvalue weighted by Crippen LogP contribution is -2.33. The topological polar surface area (TPSA) is 126 Å². The normalized spacial score (nSPS) is 13.2. The third-order valence-electron chi connectivity index (χ3n) is 6.61. The Kier molecular flexibility index (Phi) is 7.95. The number of imidazole rings is 1. The fraction of sp³-hybridized carbons (Fsp3) is 0.167. The summed E-state index contributed by atoms with van der Waals surface area (Å²) in [6.45, 7) is 0.154. The molecular formula is C30H25F2N5O4. The molecule has 0 spiro atoms. The van der Waals surface area contributed by atoms with E-state index in [0.717, 1.165) is 17.7 Å². The summed E-state index contributed by atoms with van der Waals surface area (Å²) in [5.74, 6) is -2.86. The zero-order valence-electron chi connectivity index (χ0n) is 21.7. The van der Waals surface area contributed by atoms with E-state index < -0.39 is 23.1 Å². The van der Waals surface area contributed by atoms with Gasteiger partial charge in [0.15, 0.2) is 11.6 Å². The smallest absolute Gasteiger partial charge is 0.263 e. The first kappa shape index (κ1) is 27.4. The molecule has 4 aromatic rings. The van der Waals surface area contributed by atoms with Crippen LogP contribution in [-0.2, 0) is 22.6 Å². The minimum absolute atomic E-state index is 0.0287. The molecule has 3 heterocycles. The monoisotopic (exact) mass is 557 g/mol. The highest BCUT2D eigenvalue weighted by atomic mass is 19.2. The van der Waals surface area contributed by atoms with E-state index in [1.165, 1.54) is 35.3 Å². The maximum absolute atomic E-state index is 13.5. The number of carbonyl (C=O) groups excluding carboxylic acids is 3. The third-order valence-corrected chi connectivity index (χ3v) is 6.61. The number of hydrogen-bond donors (Lipinski definition) is 3. The number of H-pyrrole nitrogens is 1. The lowest BCUT2D eigenvalue weighted by Gasteiger charge is -2.09. The predicted octanol–water partition coefficient (Wildman–Crippen LogP) is 3.71. The summed E-state index contributed by atoms with van der Waals surface area (Å²) in [7, 11) is 0. The van der Waals surface area contributed by atoms with Crippen LogP contribution in [0.5, 0.6) is 0 Å². The highest BCUT2D eigenvalue weighted by molar-refractivity contribution is 6.34. The Morgan fingerprint density at radius 3 is 2.63 bits per heavy atom. The number of Topliss-reactive ketones (excluding diaryl/α,β-unsaturated/α-hetero) is 1. The number of aromatic amines is 1. The lowest BCUT2D eigenvalue weighted by molar-refractivity contribution is -0.118. The first-order valence-corrected chi connectivity index (χ1v) is 12.9. The summed E-state index contributed by atoms with van der Waals surface area (Å²) < 4.78 is 27.9. The number of pyridine rings is 1. The van der Waals surface area contributed by atoms with Crippen LogP contribution in [0.4, 0.5) is 14.5 Å². The Hall–Kier alpha value is -5.19. The molecule has 2 aromatic heterocycles. The van der Waals surface area contributed by atoms with Crippen LogP contribution in [0.2, 0.25) is 0 Å². The predicted molar refractivity (Wildman–Crippen MR) is 148 cm³/mol. The van der Waals surface area contributed by atoms with Crippen LogP contribution in [0.3, 0.4) is 0 Å². The van der Waals surface area contributed by atoms with Crippen molar-refractivity contribution in [2.45, 2.75) is 25.8 Å². The maximum Gasteiger partial charge on any atom is 0.263 e. The Labute approximate surface area is 232 Å². The van der Waals surface area contributed by atoms with Gasteiger partial charge in [-0.2, -0.15) is 0 Å². The number of anilines is 1. The molecule has 0 bridgehead atoms. The SMILES string of the molecule is O=C(CCCNC(=O)c1cccn(Cc2ccc(F)c(F)c2)c1=O)Cc1ccc2c(c1)/C(=C/c1cnc[nH]1)C(=O)N2. The van der Waals surface area contributed by atoms with Gasteiger partial charge in [0.2, 0.25) is 0 Å². The molecule has 5 rings (SSSR count). The number of nitrogens with one attached hydrogen (secondary N) is 3. The summed E-state index contributed by atoms with van der Waals surface area (Å²) in [5, 5.41) is 5.47. The maximum atomic E-state index is 13.5. The number of carbonyl (C=O) groups is 3. The molecule has 0 saturated carbocycles. The number of fused-ring (bicyclic) bond motifs is 1. The summed E-state index contributed by atoms with van der Waals surface area (Å²) in [4.78, 5) is 57.3. The van der Waals surface area contributed by atoms with Crippen LogP contribution in [0.1, 0.15) is 45.6 Å². The van der Waals surface area contributed by atoms with Gasteiger partial charge in [-0.25, -0.2) is 13.8 Å². The van der Waals surface area contributed by atoms with Crippen molar-refractivity contribution in [3.05, 3.63) is 117 Å². The zero-order valence-corrected chi connectivity index (χ0v) is 21.7. The standard InChI is InChI=1S/C30H25F2N5O4/c31-25-7-5-19(13-26(25)32)16-37-10-2-4-22(30(37)41)28(39)34-9-1-3-21(38)11-18-6-8-27-23(12-18)24(29(40)36-27)14-20-15-33-17-35-20/h2,4-8,10,12-15,17H,1,3,9,11,16H2,(H,33,35)(H,34,39)(H,36,40)/b24-14-. The summed E-state index contributed by atoms with van der Waals surface area (Å²) in [5.41, 5.74) is 3.01. The van der Waals surface area contributed by atoms with Crippen LogP contribution in [0.25, 0.3) is 11.6 Å². The number of aromatic nitrogens is 3. The van der Waals surface area contributed by atoms with E-state index in [1.54, 1.807) is 24.4 Å². The Morgan fingerprint density at radius 2 is 1.85 bits per heavy atom. The van der Waals surface area contributed by atoms with Gasteiger partial charge in [0.25, 0.3) is 17.4 Å². The van der Waals surface area contributed by atoms with Crippen LogP contribution in [0, 0.1) is 11.6 Å². The second kappa shape index (κ2) is 11.9. The van der Waals surface area contributed by atoms with Crippen molar-refractivity contribution < 1.29 is 23.2 Å². The highest BCUT2D eigenvalue weighted by Crippen LogP contribution is 2.33. The molecule has 11 heteroatoms. The second-order valence-electron chi connectivity index (χ2n) is 9.58. The minimum atomic E-state index is -1.02. The van der Waals surface area contributed by atoms with Crippen molar-refractivity contribution in [3.8, 4) is 0 Å². The van der Waals surface area contributed by atoms with E-state index >= 15 is 0 Å². The summed E-state index contributed by atoms with van der Waals surface area (Å²) >= 11 is 0. The summed E-state index contributed by atoms with van der Waals surface area (Å²) in [6.07, 6.45) is 7.03. The van der Waals surface area contributed by atoms with Gasteiger partial charge < -0.3 is 20.2 Å². The molecule has 2 aromatic carbocycles. The molecule has 41 heavy (non-hydrogen) atoms. The van der Waals surface area contributed by atoms with Gasteiger partial charge in [0.1, 0.15) is 11.3 Å². The second-order valence-corrected chi connectivity index (χ2v) is 9.58. The number of ketones is 1. The van der Waals surface area contributed by atoms with Crippen molar-refractivity contribution in [2.75, 3.05) is 11.9 Å². The first-order valence-electron chi connectivity index (χ1n) is 12.9. The number of amides is 2. The van der Waals surface area contributed by atoms with Gasteiger partial charge in [-0.05, 0) is 60.0 Å². The molecule has 9 nitrogen and oxygen atoms in total. The van der Waals surface area contributed by atoms with E-state index in [2.05, 4.69) is 20.6 Å². The van der Waals surface area contributed by atoms with Crippen LogP contribution >= 0.6 is 0 Å². The molecule has 1 aliphatic heterocycles. The molecule has 0 radical (unpaired) electrons. The Morgan fingerprint density at radius 1 is 1.02 bits per heavy atom. The molecule has 208 valence electrons. The number of halogens is 2. The molecule has 0 aliphatic carbocycles. The Balaban J connectivity index is 1.14.